The molecule has 1 rings (SSSR count). The summed E-state index contributed by atoms with van der Waals surface area (Å²) in [6, 6.07) is 1.33. The average Bonchev–Trinajstić information content (AvgIpc) is 2.04. The van der Waals surface area contributed by atoms with Crippen molar-refractivity contribution in [3.8, 4) is 0 Å². The van der Waals surface area contributed by atoms with Crippen LogP contribution in [-0.4, -0.2) is 9.91 Å². The number of hydrogen-bond donors (Lipinski definition) is 0. The van der Waals surface area contributed by atoms with Gasteiger partial charge in [-0.3, -0.25) is 10.1 Å². The Hall–Kier alpha value is -1.96. The van der Waals surface area contributed by atoms with Crippen molar-refractivity contribution in [2.75, 3.05) is 0 Å². The predicted octanol–water partition coefficient (Wildman–Crippen LogP) is 1.85. The fourth-order valence-corrected chi connectivity index (χ4v) is 0.770. The van der Waals surface area contributed by atoms with Gasteiger partial charge < -0.3 is 4.85 Å². The van der Waals surface area contributed by atoms with Crippen LogP contribution in [-0.2, 0) is 0 Å². The van der Waals surface area contributed by atoms with Crippen molar-refractivity contribution in [3.63, 3.8) is 0 Å². The Kier molecular flexibility index (Phi) is 2.01. The second-order valence-electron chi connectivity index (χ2n) is 2.20. The molecule has 60 valence electrons. The van der Waals surface area contributed by atoms with Crippen molar-refractivity contribution in [2.45, 2.75) is 6.92 Å². The maximum Gasteiger partial charge on any atom is 0.309 e. The monoisotopic (exact) mass is 163 g/mol. The number of aryl methyl sites for hydroxylation is 1. The molecule has 1 aromatic heterocycles. The van der Waals surface area contributed by atoms with Crippen LogP contribution in [0.3, 0.4) is 0 Å². The van der Waals surface area contributed by atoms with E-state index in [0.717, 1.165) is 6.20 Å². The fraction of sp³-hybridized carbons (Fsp3) is 0.143. The molecule has 0 amide bonds. The fourth-order valence-electron chi connectivity index (χ4n) is 0.770. The molecule has 0 atom stereocenters. The van der Waals surface area contributed by atoms with Crippen molar-refractivity contribution in [3.05, 3.63) is 39.4 Å². The first kappa shape index (κ1) is 8.14. The molecular formula is C7H5N3O2. The summed E-state index contributed by atoms with van der Waals surface area (Å²) in [7, 11) is 0. The summed E-state index contributed by atoms with van der Waals surface area (Å²) in [5.74, 6) is 0.209. The average molecular weight is 163 g/mol. The van der Waals surface area contributed by atoms with Gasteiger partial charge in [0.1, 0.15) is 0 Å². The molecule has 0 spiro atoms. The Morgan fingerprint density at radius 2 is 2.42 bits per heavy atom. The molecule has 0 fully saturated rings. The third-order valence-electron chi connectivity index (χ3n) is 1.35. The van der Waals surface area contributed by atoms with Crippen LogP contribution in [0.2, 0.25) is 0 Å². The second kappa shape index (κ2) is 2.96. The molecule has 0 aromatic carbocycles. The molecule has 0 aliphatic carbocycles. The Balaban J connectivity index is 3.21. The van der Waals surface area contributed by atoms with E-state index < -0.39 is 4.92 Å². The third-order valence-corrected chi connectivity index (χ3v) is 1.35. The SMILES string of the molecule is [C-]#[N+]c1ncc([N+](=O)[O-])cc1C. The van der Waals surface area contributed by atoms with Crippen molar-refractivity contribution < 1.29 is 4.92 Å². The van der Waals surface area contributed by atoms with Crippen molar-refractivity contribution in [2.24, 2.45) is 0 Å². The highest BCUT2D eigenvalue weighted by molar-refractivity contribution is 5.48. The van der Waals surface area contributed by atoms with Gasteiger partial charge >= 0.3 is 5.69 Å². The van der Waals surface area contributed by atoms with E-state index in [1.807, 2.05) is 0 Å². The highest BCUT2D eigenvalue weighted by Gasteiger charge is 2.10. The lowest BCUT2D eigenvalue weighted by Crippen LogP contribution is -1.89. The van der Waals surface area contributed by atoms with Crippen LogP contribution in [0, 0.1) is 23.6 Å². The van der Waals surface area contributed by atoms with E-state index >= 15 is 0 Å². The molecule has 0 aliphatic rings. The summed E-state index contributed by atoms with van der Waals surface area (Å²) in [5.41, 5.74) is 0.444. The predicted molar refractivity (Wildman–Crippen MR) is 41.9 cm³/mol. The Morgan fingerprint density at radius 3 is 2.83 bits per heavy atom. The lowest BCUT2D eigenvalue weighted by Gasteiger charge is -1.93. The number of pyridine rings is 1. The van der Waals surface area contributed by atoms with Gasteiger partial charge in [-0.15, -0.1) is 4.98 Å². The smallest absolute Gasteiger partial charge is 0.309 e. The van der Waals surface area contributed by atoms with E-state index in [1.165, 1.54) is 6.07 Å². The van der Waals surface area contributed by atoms with E-state index in [-0.39, 0.29) is 11.5 Å². The van der Waals surface area contributed by atoms with Gasteiger partial charge in [0, 0.05) is 6.07 Å². The molecule has 0 saturated carbocycles. The summed E-state index contributed by atoms with van der Waals surface area (Å²) in [5, 5.41) is 10.2. The number of aromatic nitrogens is 1. The highest BCUT2D eigenvalue weighted by Crippen LogP contribution is 2.19. The Labute approximate surface area is 68.6 Å². The topological polar surface area (TPSA) is 60.4 Å². The molecule has 0 bridgehead atoms. The Bertz CT molecular complexity index is 367. The largest absolute Gasteiger partial charge is 0.360 e. The van der Waals surface area contributed by atoms with Crippen LogP contribution in [0.5, 0.6) is 0 Å². The molecule has 0 radical (unpaired) electrons. The van der Waals surface area contributed by atoms with E-state index in [1.54, 1.807) is 6.92 Å². The first-order valence-corrected chi connectivity index (χ1v) is 3.13. The standard InChI is InChI=1S/C7H5N3O2/c1-5-3-6(10(11)12)4-9-7(5)8-2/h3-4H,1H3. The van der Waals surface area contributed by atoms with E-state index in [2.05, 4.69) is 9.83 Å². The number of rotatable bonds is 1. The number of hydrogen-bond acceptors (Lipinski definition) is 3. The van der Waals surface area contributed by atoms with Crippen LogP contribution in [0.1, 0.15) is 5.56 Å². The van der Waals surface area contributed by atoms with Gasteiger partial charge in [0.25, 0.3) is 5.82 Å². The van der Waals surface area contributed by atoms with Gasteiger partial charge in [-0.25, -0.2) is 0 Å². The summed E-state index contributed by atoms with van der Waals surface area (Å²) in [4.78, 5) is 16.4. The lowest BCUT2D eigenvalue weighted by molar-refractivity contribution is -0.385. The van der Waals surface area contributed by atoms with Crippen LogP contribution in [0.15, 0.2) is 12.3 Å². The summed E-state index contributed by atoms with van der Waals surface area (Å²) < 4.78 is 0. The third kappa shape index (κ3) is 1.37. The van der Waals surface area contributed by atoms with E-state index in [4.69, 9.17) is 6.57 Å². The van der Waals surface area contributed by atoms with Crippen molar-refractivity contribution in [1.29, 1.82) is 0 Å². The minimum absolute atomic E-state index is 0.0834. The molecular weight excluding hydrogens is 158 g/mol. The molecule has 12 heavy (non-hydrogen) atoms. The number of nitro groups is 1. The van der Waals surface area contributed by atoms with Gasteiger partial charge in [-0.1, -0.05) is 6.57 Å². The first-order valence-electron chi connectivity index (χ1n) is 3.13. The van der Waals surface area contributed by atoms with Crippen molar-refractivity contribution >= 4 is 11.5 Å². The van der Waals surface area contributed by atoms with Gasteiger partial charge in [-0.05, 0) is 12.5 Å². The molecule has 5 nitrogen and oxygen atoms in total. The minimum atomic E-state index is -0.534. The van der Waals surface area contributed by atoms with Gasteiger partial charge in [-0.2, -0.15) is 0 Å². The molecule has 0 unspecified atom stereocenters. The first-order chi connectivity index (χ1) is 5.65. The van der Waals surface area contributed by atoms with Crippen LogP contribution in [0.25, 0.3) is 4.85 Å². The normalized spacial score (nSPS) is 9.00. The quantitative estimate of drug-likeness (QED) is 0.360. The van der Waals surface area contributed by atoms with E-state index in [9.17, 15) is 10.1 Å². The summed E-state index contributed by atoms with van der Waals surface area (Å²) in [6.45, 7) is 8.27. The maximum absolute atomic E-state index is 10.2. The molecule has 1 aromatic rings. The maximum atomic E-state index is 10.2. The number of nitrogens with zero attached hydrogens (tertiary/aromatic N) is 3. The molecule has 0 N–H and O–H groups in total. The zero-order valence-electron chi connectivity index (χ0n) is 6.31. The van der Waals surface area contributed by atoms with Crippen LogP contribution < -0.4 is 0 Å². The zero-order chi connectivity index (χ0) is 9.14. The molecule has 0 saturated heterocycles. The van der Waals surface area contributed by atoms with Gasteiger partial charge in [0.2, 0.25) is 0 Å². The lowest BCUT2D eigenvalue weighted by atomic mass is 10.3. The summed E-state index contributed by atoms with van der Waals surface area (Å²) in [6.07, 6.45) is 1.08. The van der Waals surface area contributed by atoms with Crippen LogP contribution in [0.4, 0.5) is 11.5 Å². The van der Waals surface area contributed by atoms with Crippen LogP contribution >= 0.6 is 0 Å². The minimum Gasteiger partial charge on any atom is -0.360 e. The highest BCUT2D eigenvalue weighted by atomic mass is 16.6. The Morgan fingerprint density at radius 1 is 1.75 bits per heavy atom. The van der Waals surface area contributed by atoms with Gasteiger partial charge in [0.05, 0.1) is 4.92 Å². The summed E-state index contributed by atoms with van der Waals surface area (Å²) >= 11 is 0. The van der Waals surface area contributed by atoms with Gasteiger partial charge in [0.15, 0.2) is 6.20 Å². The van der Waals surface area contributed by atoms with E-state index in [0.29, 0.717) is 5.56 Å². The second-order valence-corrected chi connectivity index (χ2v) is 2.20. The zero-order valence-corrected chi connectivity index (χ0v) is 6.31. The molecule has 0 aliphatic heterocycles. The molecule has 1 heterocycles. The molecule has 5 heteroatoms. The van der Waals surface area contributed by atoms with Crippen molar-refractivity contribution in [1.82, 2.24) is 4.98 Å².